The molecule has 0 aliphatic heterocycles. The maximum atomic E-state index is 13.0. The number of methoxy groups -OCH3 is 1. The lowest BCUT2D eigenvalue weighted by atomic mass is 10.1. The van der Waals surface area contributed by atoms with Gasteiger partial charge in [-0.1, -0.05) is 41.9 Å². The van der Waals surface area contributed by atoms with E-state index >= 15 is 0 Å². The van der Waals surface area contributed by atoms with Crippen LogP contribution in [0, 0.1) is 0 Å². The molecule has 6 heteroatoms. The number of ether oxygens (including phenoxy) is 1. The van der Waals surface area contributed by atoms with Crippen LogP contribution in [0.5, 0.6) is 5.75 Å². The van der Waals surface area contributed by atoms with Crippen LogP contribution in [0.1, 0.15) is 25.0 Å². The number of benzene rings is 2. The first-order valence-electron chi connectivity index (χ1n) is 8.89. The Morgan fingerprint density at radius 3 is 2.59 bits per heavy atom. The second kappa shape index (κ2) is 9.97. The molecule has 0 saturated carbocycles. The number of halogens is 1. The van der Waals surface area contributed by atoms with Crippen molar-refractivity contribution in [3.63, 3.8) is 0 Å². The molecular weight excluding hydrogens is 364 g/mol. The average Bonchev–Trinajstić information content (AvgIpc) is 2.67. The topological polar surface area (TPSA) is 58.6 Å². The molecule has 0 aliphatic rings. The van der Waals surface area contributed by atoms with Crippen molar-refractivity contribution in [1.29, 1.82) is 0 Å². The van der Waals surface area contributed by atoms with Gasteiger partial charge in [0.05, 0.1) is 13.5 Å². The zero-order chi connectivity index (χ0) is 19.8. The molecule has 0 aromatic heterocycles. The van der Waals surface area contributed by atoms with Crippen molar-refractivity contribution >= 4 is 23.4 Å². The van der Waals surface area contributed by atoms with E-state index in [1.807, 2.05) is 49.4 Å². The van der Waals surface area contributed by atoms with Crippen molar-refractivity contribution in [3.8, 4) is 5.75 Å². The van der Waals surface area contributed by atoms with Crippen molar-refractivity contribution in [2.45, 2.75) is 32.9 Å². The number of nitrogens with zero attached hydrogens (tertiary/aromatic N) is 1. The molecule has 0 fully saturated rings. The van der Waals surface area contributed by atoms with Crippen LogP contribution in [0.2, 0.25) is 5.02 Å². The van der Waals surface area contributed by atoms with Crippen molar-refractivity contribution in [2.75, 3.05) is 13.7 Å². The molecule has 144 valence electrons. The van der Waals surface area contributed by atoms with Crippen molar-refractivity contribution in [1.82, 2.24) is 10.2 Å². The summed E-state index contributed by atoms with van der Waals surface area (Å²) >= 11 is 6.20. The highest BCUT2D eigenvalue weighted by Gasteiger charge is 2.26. The highest BCUT2D eigenvalue weighted by atomic mass is 35.5. The van der Waals surface area contributed by atoms with E-state index in [4.69, 9.17) is 16.3 Å². The third kappa shape index (κ3) is 5.73. The minimum atomic E-state index is -0.605. The Bertz CT molecular complexity index is 795. The van der Waals surface area contributed by atoms with Crippen molar-refractivity contribution < 1.29 is 14.3 Å². The third-order valence-electron chi connectivity index (χ3n) is 4.30. The van der Waals surface area contributed by atoms with Gasteiger partial charge in [-0.15, -0.1) is 0 Å². The quantitative estimate of drug-likeness (QED) is 0.753. The lowest BCUT2D eigenvalue weighted by Gasteiger charge is -2.29. The van der Waals surface area contributed by atoms with Gasteiger partial charge < -0.3 is 15.0 Å². The molecule has 2 rings (SSSR count). The molecular formula is C21H25ClN2O3. The monoisotopic (exact) mass is 388 g/mol. The molecule has 2 aromatic rings. The van der Waals surface area contributed by atoms with Gasteiger partial charge in [0.25, 0.3) is 0 Å². The Kier molecular flexibility index (Phi) is 7.67. The number of carbonyl (C=O) groups excluding carboxylic acids is 2. The summed E-state index contributed by atoms with van der Waals surface area (Å²) in [5.41, 5.74) is 1.63. The standard InChI is InChI=1S/C21H25ClN2O3/c1-4-23-21(26)15(2)24(14-16-8-7-10-18(12-16)27-3)20(25)13-17-9-5-6-11-19(17)22/h5-12,15H,4,13-14H2,1-3H3,(H,23,26)/t15-/m1/s1. The lowest BCUT2D eigenvalue weighted by Crippen LogP contribution is -2.48. The van der Waals surface area contributed by atoms with Crippen LogP contribution in [0.15, 0.2) is 48.5 Å². The SMILES string of the molecule is CCNC(=O)[C@@H](C)N(Cc1cccc(OC)c1)C(=O)Cc1ccccc1Cl. The largest absolute Gasteiger partial charge is 0.497 e. The Labute approximate surface area is 165 Å². The van der Waals surface area contributed by atoms with E-state index in [1.165, 1.54) is 0 Å². The van der Waals surface area contributed by atoms with Crippen LogP contribution in [0.3, 0.4) is 0 Å². The summed E-state index contributed by atoms with van der Waals surface area (Å²) < 4.78 is 5.25. The number of rotatable bonds is 8. The Balaban J connectivity index is 2.26. The molecule has 0 spiro atoms. The Morgan fingerprint density at radius 2 is 1.93 bits per heavy atom. The number of nitrogens with one attached hydrogen (secondary N) is 1. The van der Waals surface area contributed by atoms with E-state index in [2.05, 4.69) is 5.32 Å². The van der Waals surface area contributed by atoms with Gasteiger partial charge in [-0.25, -0.2) is 0 Å². The van der Waals surface area contributed by atoms with Crippen LogP contribution in [-0.4, -0.2) is 36.4 Å². The van der Waals surface area contributed by atoms with E-state index in [1.54, 1.807) is 25.0 Å². The molecule has 0 unspecified atom stereocenters. The summed E-state index contributed by atoms with van der Waals surface area (Å²) in [6.45, 7) is 4.39. The number of hydrogen-bond donors (Lipinski definition) is 1. The van der Waals surface area contributed by atoms with Gasteiger partial charge in [0.2, 0.25) is 11.8 Å². The first-order chi connectivity index (χ1) is 13.0. The first-order valence-corrected chi connectivity index (χ1v) is 9.27. The van der Waals surface area contributed by atoms with Crippen LogP contribution >= 0.6 is 11.6 Å². The third-order valence-corrected chi connectivity index (χ3v) is 4.67. The molecule has 0 saturated heterocycles. The van der Waals surface area contributed by atoms with Crippen LogP contribution < -0.4 is 10.1 Å². The number of amides is 2. The van der Waals surface area contributed by atoms with Crippen molar-refractivity contribution in [3.05, 3.63) is 64.7 Å². The second-order valence-corrected chi connectivity index (χ2v) is 6.62. The smallest absolute Gasteiger partial charge is 0.242 e. The molecule has 1 N–H and O–H groups in total. The number of hydrogen-bond acceptors (Lipinski definition) is 3. The molecule has 2 amide bonds. The van der Waals surface area contributed by atoms with Crippen LogP contribution in [-0.2, 0) is 22.6 Å². The Morgan fingerprint density at radius 1 is 1.19 bits per heavy atom. The fourth-order valence-corrected chi connectivity index (χ4v) is 2.98. The van der Waals surface area contributed by atoms with Gasteiger partial charge in [-0.05, 0) is 43.2 Å². The van der Waals surface area contributed by atoms with Gasteiger partial charge in [0.1, 0.15) is 11.8 Å². The predicted molar refractivity (Wildman–Crippen MR) is 107 cm³/mol. The minimum Gasteiger partial charge on any atom is -0.497 e. The molecule has 27 heavy (non-hydrogen) atoms. The molecule has 2 aromatic carbocycles. The number of likely N-dealkylation sites (N-methyl/N-ethyl adjacent to an activating group) is 1. The van der Waals surface area contributed by atoms with Gasteiger partial charge in [0.15, 0.2) is 0 Å². The zero-order valence-corrected chi connectivity index (χ0v) is 16.6. The second-order valence-electron chi connectivity index (χ2n) is 6.21. The zero-order valence-electron chi connectivity index (χ0n) is 15.9. The van der Waals surface area contributed by atoms with Crippen LogP contribution in [0.4, 0.5) is 0 Å². The molecule has 0 heterocycles. The van der Waals surface area contributed by atoms with E-state index in [0.717, 1.165) is 11.1 Å². The van der Waals surface area contributed by atoms with E-state index < -0.39 is 6.04 Å². The number of carbonyl (C=O) groups is 2. The summed E-state index contributed by atoms with van der Waals surface area (Å²) in [6.07, 6.45) is 0.132. The van der Waals surface area contributed by atoms with Gasteiger partial charge >= 0.3 is 0 Å². The predicted octanol–water partition coefficient (Wildman–Crippen LogP) is 3.44. The van der Waals surface area contributed by atoms with Gasteiger partial charge in [-0.3, -0.25) is 9.59 Å². The van der Waals surface area contributed by atoms with E-state index in [9.17, 15) is 9.59 Å². The average molecular weight is 389 g/mol. The first kappa shape index (κ1) is 20.8. The summed E-state index contributed by atoms with van der Waals surface area (Å²) in [7, 11) is 1.59. The molecule has 1 atom stereocenters. The normalized spacial score (nSPS) is 11.6. The molecule has 0 bridgehead atoms. The maximum Gasteiger partial charge on any atom is 0.242 e. The van der Waals surface area contributed by atoms with Gasteiger partial charge in [-0.2, -0.15) is 0 Å². The lowest BCUT2D eigenvalue weighted by molar-refractivity contribution is -0.140. The highest BCUT2D eigenvalue weighted by Crippen LogP contribution is 2.20. The summed E-state index contributed by atoms with van der Waals surface area (Å²) in [5.74, 6) is 0.356. The maximum absolute atomic E-state index is 13.0. The Hall–Kier alpha value is -2.53. The minimum absolute atomic E-state index is 0.132. The highest BCUT2D eigenvalue weighted by molar-refractivity contribution is 6.31. The summed E-state index contributed by atoms with van der Waals surface area (Å²) in [4.78, 5) is 27.0. The molecule has 5 nitrogen and oxygen atoms in total. The fraction of sp³-hybridized carbons (Fsp3) is 0.333. The van der Waals surface area contributed by atoms with E-state index in [-0.39, 0.29) is 18.2 Å². The summed E-state index contributed by atoms with van der Waals surface area (Å²) in [5, 5.41) is 3.32. The summed E-state index contributed by atoms with van der Waals surface area (Å²) in [6, 6.07) is 14.1. The van der Waals surface area contributed by atoms with Gasteiger partial charge in [0, 0.05) is 18.1 Å². The van der Waals surface area contributed by atoms with Crippen molar-refractivity contribution in [2.24, 2.45) is 0 Å². The fourth-order valence-electron chi connectivity index (χ4n) is 2.78. The molecule has 0 radical (unpaired) electrons. The molecule has 0 aliphatic carbocycles. The van der Waals surface area contributed by atoms with E-state index in [0.29, 0.717) is 23.9 Å². The van der Waals surface area contributed by atoms with Crippen LogP contribution in [0.25, 0.3) is 0 Å².